The fourth-order valence-corrected chi connectivity index (χ4v) is 3.40. The van der Waals surface area contributed by atoms with E-state index >= 15 is 0 Å². The fourth-order valence-electron chi connectivity index (χ4n) is 3.40. The number of hydrogen-bond donors (Lipinski definition) is 2. The molecule has 0 radical (unpaired) electrons. The quantitative estimate of drug-likeness (QED) is 0.266. The van der Waals surface area contributed by atoms with Gasteiger partial charge in [0.25, 0.3) is 0 Å². The summed E-state index contributed by atoms with van der Waals surface area (Å²) in [6.45, 7) is 7.02. The van der Waals surface area contributed by atoms with Crippen LogP contribution in [0.4, 0.5) is 5.82 Å². The molecule has 0 spiro atoms. The predicted octanol–water partition coefficient (Wildman–Crippen LogP) is 3.45. The van der Waals surface area contributed by atoms with Gasteiger partial charge in [-0.15, -0.1) is 24.0 Å². The number of halogens is 1. The Hall–Kier alpha value is -2.66. The number of nitrogens with zero attached hydrogens (tertiary/aromatic N) is 4. The summed E-state index contributed by atoms with van der Waals surface area (Å²) in [7, 11) is 0. The van der Waals surface area contributed by atoms with E-state index in [1.807, 2.05) is 49.5 Å². The highest BCUT2D eigenvalue weighted by molar-refractivity contribution is 14.0. The van der Waals surface area contributed by atoms with Crippen molar-refractivity contribution in [2.75, 3.05) is 37.7 Å². The number of oxazole rings is 1. The van der Waals surface area contributed by atoms with E-state index in [9.17, 15) is 0 Å². The van der Waals surface area contributed by atoms with Crippen LogP contribution in [0.25, 0.3) is 11.5 Å². The summed E-state index contributed by atoms with van der Waals surface area (Å²) in [6, 6.07) is 13.9. The number of ether oxygens (including phenoxy) is 1. The lowest BCUT2D eigenvalue weighted by Crippen LogP contribution is -2.38. The summed E-state index contributed by atoms with van der Waals surface area (Å²) in [6.07, 6.45) is 3.51. The number of guanidine groups is 1. The van der Waals surface area contributed by atoms with E-state index in [4.69, 9.17) is 14.1 Å². The van der Waals surface area contributed by atoms with Gasteiger partial charge in [-0.1, -0.05) is 24.3 Å². The Kier molecular flexibility index (Phi) is 9.29. The maximum atomic E-state index is 5.62. The first kappa shape index (κ1) is 24.0. The highest BCUT2D eigenvalue weighted by atomic mass is 127. The highest BCUT2D eigenvalue weighted by Crippen LogP contribution is 2.20. The van der Waals surface area contributed by atoms with Gasteiger partial charge >= 0.3 is 0 Å². The zero-order valence-electron chi connectivity index (χ0n) is 18.2. The van der Waals surface area contributed by atoms with Gasteiger partial charge in [0.15, 0.2) is 5.96 Å². The number of benzene rings is 1. The number of pyridine rings is 1. The summed E-state index contributed by atoms with van der Waals surface area (Å²) in [5.41, 5.74) is 2.87. The molecule has 4 rings (SSSR count). The summed E-state index contributed by atoms with van der Waals surface area (Å²) < 4.78 is 11.1. The van der Waals surface area contributed by atoms with E-state index in [0.717, 1.165) is 61.4 Å². The maximum absolute atomic E-state index is 5.62. The SMILES string of the molecule is CCNC(=NCc1cccnc1N1CCOCC1)NCc1coc(-c2ccccc2)n1.I. The number of aliphatic imine (C=N–C) groups is 1. The second kappa shape index (κ2) is 12.4. The van der Waals surface area contributed by atoms with Gasteiger partial charge in [0, 0.05) is 37.0 Å². The van der Waals surface area contributed by atoms with Crippen LogP contribution in [-0.4, -0.2) is 48.8 Å². The Balaban J connectivity index is 0.00000289. The van der Waals surface area contributed by atoms with Crippen LogP contribution in [-0.2, 0) is 17.8 Å². The third-order valence-corrected chi connectivity index (χ3v) is 4.94. The van der Waals surface area contributed by atoms with Crippen molar-refractivity contribution in [2.24, 2.45) is 4.99 Å². The number of anilines is 1. The Morgan fingerprint density at radius 2 is 1.91 bits per heavy atom. The van der Waals surface area contributed by atoms with Gasteiger partial charge in [0.05, 0.1) is 32.0 Å². The van der Waals surface area contributed by atoms with Crippen molar-refractivity contribution in [1.29, 1.82) is 0 Å². The van der Waals surface area contributed by atoms with Crippen LogP contribution >= 0.6 is 24.0 Å². The molecule has 32 heavy (non-hydrogen) atoms. The summed E-state index contributed by atoms with van der Waals surface area (Å²) in [4.78, 5) is 16.2. The normalized spacial score (nSPS) is 14.0. The van der Waals surface area contributed by atoms with Crippen molar-refractivity contribution < 1.29 is 9.15 Å². The van der Waals surface area contributed by atoms with Crippen LogP contribution in [0.15, 0.2) is 64.3 Å². The summed E-state index contributed by atoms with van der Waals surface area (Å²) >= 11 is 0. The Bertz CT molecular complexity index is 989. The molecule has 0 unspecified atom stereocenters. The molecule has 1 aromatic carbocycles. The number of rotatable bonds is 7. The number of aromatic nitrogens is 2. The molecular weight excluding hydrogens is 519 g/mol. The molecule has 0 saturated carbocycles. The molecule has 0 amide bonds. The van der Waals surface area contributed by atoms with E-state index in [1.165, 1.54) is 0 Å². The molecule has 9 heteroatoms. The van der Waals surface area contributed by atoms with Crippen LogP contribution < -0.4 is 15.5 Å². The molecule has 0 atom stereocenters. The molecule has 2 N–H and O–H groups in total. The van der Waals surface area contributed by atoms with Gasteiger partial charge in [-0.3, -0.25) is 0 Å². The van der Waals surface area contributed by atoms with Gasteiger partial charge in [0.1, 0.15) is 12.1 Å². The maximum Gasteiger partial charge on any atom is 0.226 e. The van der Waals surface area contributed by atoms with Gasteiger partial charge in [-0.05, 0) is 25.1 Å². The molecule has 0 bridgehead atoms. The first-order valence-corrected chi connectivity index (χ1v) is 10.6. The smallest absolute Gasteiger partial charge is 0.226 e. The molecule has 0 aliphatic carbocycles. The Morgan fingerprint density at radius 1 is 1.09 bits per heavy atom. The third-order valence-electron chi connectivity index (χ3n) is 4.94. The van der Waals surface area contributed by atoms with Gasteiger partial charge in [-0.25, -0.2) is 15.0 Å². The zero-order chi connectivity index (χ0) is 21.3. The minimum atomic E-state index is 0. The van der Waals surface area contributed by atoms with Crippen LogP contribution in [0.2, 0.25) is 0 Å². The number of morpholine rings is 1. The molecule has 3 aromatic rings. The second-order valence-electron chi connectivity index (χ2n) is 7.14. The molecule has 1 aliphatic rings. The van der Waals surface area contributed by atoms with E-state index in [2.05, 4.69) is 31.6 Å². The van der Waals surface area contributed by atoms with Crippen molar-refractivity contribution in [2.45, 2.75) is 20.0 Å². The van der Waals surface area contributed by atoms with Gasteiger partial charge < -0.3 is 24.7 Å². The van der Waals surface area contributed by atoms with Crippen LogP contribution in [0, 0.1) is 0 Å². The van der Waals surface area contributed by atoms with Gasteiger partial charge in [0.2, 0.25) is 5.89 Å². The summed E-state index contributed by atoms with van der Waals surface area (Å²) in [5, 5.41) is 6.62. The molecule has 170 valence electrons. The van der Waals surface area contributed by atoms with Crippen LogP contribution in [0.5, 0.6) is 0 Å². The van der Waals surface area contributed by atoms with E-state index in [0.29, 0.717) is 19.0 Å². The Morgan fingerprint density at radius 3 is 2.69 bits per heavy atom. The third kappa shape index (κ3) is 6.42. The standard InChI is InChI=1S/C23H28N6O2.HI/c1-2-24-23(27-16-20-17-31-22(28-20)18-7-4-3-5-8-18)26-15-19-9-6-10-25-21(19)29-11-13-30-14-12-29;/h3-10,17H,2,11-16H2,1H3,(H2,24,26,27);1H. The molecule has 2 aromatic heterocycles. The monoisotopic (exact) mass is 548 g/mol. The van der Waals surface area contributed by atoms with Crippen molar-refractivity contribution in [3.8, 4) is 11.5 Å². The summed E-state index contributed by atoms with van der Waals surface area (Å²) in [5.74, 6) is 2.32. The van der Waals surface area contributed by atoms with Crippen LogP contribution in [0.3, 0.4) is 0 Å². The Labute approximate surface area is 205 Å². The minimum absolute atomic E-state index is 0. The van der Waals surface area contributed by atoms with E-state index in [-0.39, 0.29) is 24.0 Å². The lowest BCUT2D eigenvalue weighted by atomic mass is 10.2. The van der Waals surface area contributed by atoms with Crippen molar-refractivity contribution in [1.82, 2.24) is 20.6 Å². The van der Waals surface area contributed by atoms with Gasteiger partial charge in [-0.2, -0.15) is 0 Å². The molecule has 1 saturated heterocycles. The lowest BCUT2D eigenvalue weighted by molar-refractivity contribution is 0.122. The zero-order valence-corrected chi connectivity index (χ0v) is 20.5. The minimum Gasteiger partial charge on any atom is -0.444 e. The van der Waals surface area contributed by atoms with Crippen LogP contribution in [0.1, 0.15) is 18.2 Å². The molecule has 1 aliphatic heterocycles. The average Bonchev–Trinajstić information content (AvgIpc) is 3.31. The lowest BCUT2D eigenvalue weighted by Gasteiger charge is -2.29. The van der Waals surface area contributed by atoms with E-state index in [1.54, 1.807) is 6.26 Å². The van der Waals surface area contributed by atoms with E-state index < -0.39 is 0 Å². The molecule has 3 heterocycles. The molecule has 1 fully saturated rings. The first-order chi connectivity index (χ1) is 15.3. The highest BCUT2D eigenvalue weighted by Gasteiger charge is 2.15. The van der Waals surface area contributed by atoms with Crippen molar-refractivity contribution >= 4 is 35.8 Å². The fraction of sp³-hybridized carbons (Fsp3) is 0.348. The largest absolute Gasteiger partial charge is 0.444 e. The van der Waals surface area contributed by atoms with Crippen molar-refractivity contribution in [3.63, 3.8) is 0 Å². The van der Waals surface area contributed by atoms with Crippen molar-refractivity contribution in [3.05, 3.63) is 66.2 Å². The number of nitrogens with one attached hydrogen (secondary N) is 2. The average molecular weight is 548 g/mol. The number of hydrogen-bond acceptors (Lipinski definition) is 6. The first-order valence-electron chi connectivity index (χ1n) is 10.6. The predicted molar refractivity (Wildman–Crippen MR) is 136 cm³/mol. The molecular formula is C23H29IN6O2. The topological polar surface area (TPSA) is 87.8 Å². The second-order valence-corrected chi connectivity index (χ2v) is 7.14. The molecule has 8 nitrogen and oxygen atoms in total.